The molecule has 0 unspecified atom stereocenters. The van der Waals surface area contributed by atoms with Crippen LogP contribution in [0.4, 0.5) is 4.39 Å². The standard InChI is InChI=1S/C8H7Br2FO2/c1-12-7-4(9)3-5(10)8(13-2)6(7)11/h3H,1-2H3. The zero-order chi connectivity index (χ0) is 10.0. The van der Waals surface area contributed by atoms with Crippen molar-refractivity contribution in [3.8, 4) is 11.5 Å². The van der Waals surface area contributed by atoms with Gasteiger partial charge in [-0.05, 0) is 37.9 Å². The molecule has 72 valence electrons. The summed E-state index contributed by atoms with van der Waals surface area (Å²) >= 11 is 6.34. The fourth-order valence-electron chi connectivity index (χ4n) is 0.929. The molecular formula is C8H7Br2FO2. The lowest BCUT2D eigenvalue weighted by molar-refractivity contribution is 0.347. The lowest BCUT2D eigenvalue weighted by Gasteiger charge is -2.10. The first-order valence-corrected chi connectivity index (χ1v) is 4.96. The van der Waals surface area contributed by atoms with E-state index in [0.29, 0.717) is 8.95 Å². The van der Waals surface area contributed by atoms with Gasteiger partial charge in [-0.15, -0.1) is 0 Å². The average Bonchev–Trinajstić information content (AvgIpc) is 2.04. The summed E-state index contributed by atoms with van der Waals surface area (Å²) in [5.74, 6) is -0.244. The summed E-state index contributed by atoms with van der Waals surface area (Å²) in [5.41, 5.74) is 0. The summed E-state index contributed by atoms with van der Waals surface area (Å²) in [6, 6.07) is 1.67. The Morgan fingerprint density at radius 1 is 1.08 bits per heavy atom. The molecule has 0 spiro atoms. The molecule has 1 rings (SSSR count). The van der Waals surface area contributed by atoms with Crippen molar-refractivity contribution in [1.29, 1.82) is 0 Å². The first-order valence-electron chi connectivity index (χ1n) is 3.37. The van der Waals surface area contributed by atoms with Crippen LogP contribution in [0.3, 0.4) is 0 Å². The van der Waals surface area contributed by atoms with Gasteiger partial charge < -0.3 is 9.47 Å². The van der Waals surface area contributed by atoms with Crippen LogP contribution in [-0.4, -0.2) is 14.2 Å². The first kappa shape index (κ1) is 10.8. The predicted octanol–water partition coefficient (Wildman–Crippen LogP) is 3.37. The van der Waals surface area contributed by atoms with E-state index in [-0.39, 0.29) is 11.5 Å². The van der Waals surface area contributed by atoms with Gasteiger partial charge in [0.05, 0.1) is 23.2 Å². The molecule has 0 aliphatic heterocycles. The summed E-state index contributed by atoms with van der Waals surface area (Å²) in [6.45, 7) is 0. The summed E-state index contributed by atoms with van der Waals surface area (Å²) in [7, 11) is 2.80. The van der Waals surface area contributed by atoms with E-state index in [4.69, 9.17) is 9.47 Å². The Kier molecular flexibility index (Phi) is 3.55. The van der Waals surface area contributed by atoms with Crippen molar-refractivity contribution in [3.63, 3.8) is 0 Å². The van der Waals surface area contributed by atoms with Crippen molar-refractivity contribution >= 4 is 31.9 Å². The van der Waals surface area contributed by atoms with Crippen molar-refractivity contribution in [2.45, 2.75) is 0 Å². The van der Waals surface area contributed by atoms with Crippen LogP contribution in [0, 0.1) is 5.82 Å². The zero-order valence-corrected chi connectivity index (χ0v) is 10.2. The van der Waals surface area contributed by atoms with Crippen LogP contribution in [0.25, 0.3) is 0 Å². The minimum absolute atomic E-state index is 0.139. The Labute approximate surface area is 92.3 Å². The van der Waals surface area contributed by atoms with Crippen molar-refractivity contribution in [2.75, 3.05) is 14.2 Å². The second-order valence-electron chi connectivity index (χ2n) is 2.22. The maximum atomic E-state index is 13.5. The van der Waals surface area contributed by atoms with Gasteiger partial charge in [0, 0.05) is 0 Å². The predicted molar refractivity (Wildman–Crippen MR) is 54.9 cm³/mol. The van der Waals surface area contributed by atoms with Gasteiger partial charge in [0.25, 0.3) is 0 Å². The minimum Gasteiger partial charge on any atom is -0.492 e. The smallest absolute Gasteiger partial charge is 0.209 e. The third kappa shape index (κ3) is 1.96. The molecule has 0 aromatic heterocycles. The first-order chi connectivity index (χ1) is 6.11. The van der Waals surface area contributed by atoms with Gasteiger partial charge in [0.15, 0.2) is 11.5 Å². The molecule has 0 aliphatic carbocycles. The molecule has 0 heterocycles. The fraction of sp³-hybridized carbons (Fsp3) is 0.250. The summed E-state index contributed by atoms with van der Waals surface area (Å²) < 4.78 is 24.3. The molecule has 5 heteroatoms. The largest absolute Gasteiger partial charge is 0.492 e. The van der Waals surface area contributed by atoms with E-state index in [1.165, 1.54) is 14.2 Å². The van der Waals surface area contributed by atoms with E-state index in [0.717, 1.165) is 0 Å². The van der Waals surface area contributed by atoms with E-state index in [1.807, 2.05) is 0 Å². The quantitative estimate of drug-likeness (QED) is 0.833. The Bertz CT molecular complexity index is 300. The van der Waals surface area contributed by atoms with Crippen molar-refractivity contribution in [2.24, 2.45) is 0 Å². The SMILES string of the molecule is COc1c(Br)cc(Br)c(OC)c1F. The summed E-state index contributed by atoms with van der Waals surface area (Å²) in [5, 5.41) is 0. The molecule has 2 nitrogen and oxygen atoms in total. The molecule has 1 aromatic rings. The molecule has 0 atom stereocenters. The van der Waals surface area contributed by atoms with Crippen molar-refractivity contribution < 1.29 is 13.9 Å². The Hall–Kier alpha value is -0.290. The lowest BCUT2D eigenvalue weighted by Crippen LogP contribution is -1.95. The second kappa shape index (κ2) is 4.28. The molecule has 13 heavy (non-hydrogen) atoms. The van der Waals surface area contributed by atoms with Crippen LogP contribution in [0.1, 0.15) is 0 Å². The molecular weight excluding hydrogens is 307 g/mol. The number of benzene rings is 1. The van der Waals surface area contributed by atoms with Crippen molar-refractivity contribution in [1.82, 2.24) is 0 Å². The number of halogens is 3. The van der Waals surface area contributed by atoms with Crippen LogP contribution in [0.5, 0.6) is 11.5 Å². The normalized spacial score (nSPS) is 9.92. The Balaban J connectivity index is 3.39. The van der Waals surface area contributed by atoms with Crippen LogP contribution >= 0.6 is 31.9 Å². The monoisotopic (exact) mass is 312 g/mol. The van der Waals surface area contributed by atoms with Crippen molar-refractivity contribution in [3.05, 3.63) is 20.8 Å². The molecule has 0 bridgehead atoms. The molecule has 0 radical (unpaired) electrons. The summed E-state index contributed by atoms with van der Waals surface area (Å²) in [6.07, 6.45) is 0. The van der Waals surface area contributed by atoms with Crippen LogP contribution in [0.15, 0.2) is 15.0 Å². The summed E-state index contributed by atoms with van der Waals surface area (Å²) in [4.78, 5) is 0. The van der Waals surface area contributed by atoms with Crippen LogP contribution < -0.4 is 9.47 Å². The van der Waals surface area contributed by atoms with E-state index in [9.17, 15) is 4.39 Å². The topological polar surface area (TPSA) is 18.5 Å². The lowest BCUT2D eigenvalue weighted by atomic mass is 10.3. The average molecular weight is 314 g/mol. The van der Waals surface area contributed by atoms with Gasteiger partial charge in [-0.3, -0.25) is 0 Å². The highest BCUT2D eigenvalue weighted by molar-refractivity contribution is 9.11. The molecule has 0 fully saturated rings. The number of methoxy groups -OCH3 is 2. The molecule has 0 saturated carbocycles. The molecule has 0 aliphatic rings. The number of rotatable bonds is 2. The van der Waals surface area contributed by atoms with Gasteiger partial charge in [-0.1, -0.05) is 0 Å². The highest BCUT2D eigenvalue weighted by Gasteiger charge is 2.16. The van der Waals surface area contributed by atoms with E-state index < -0.39 is 5.82 Å². The third-order valence-electron chi connectivity index (χ3n) is 1.49. The number of ether oxygens (including phenoxy) is 2. The maximum absolute atomic E-state index is 13.5. The minimum atomic E-state index is -0.522. The van der Waals surface area contributed by atoms with Gasteiger partial charge in [-0.2, -0.15) is 4.39 Å². The van der Waals surface area contributed by atoms with Gasteiger partial charge in [0.1, 0.15) is 0 Å². The Morgan fingerprint density at radius 2 is 1.46 bits per heavy atom. The molecule has 1 aromatic carbocycles. The van der Waals surface area contributed by atoms with Crippen LogP contribution in [0.2, 0.25) is 0 Å². The van der Waals surface area contributed by atoms with E-state index in [1.54, 1.807) is 6.07 Å². The number of hydrogen-bond acceptors (Lipinski definition) is 2. The fourth-order valence-corrected chi connectivity index (χ4v) is 2.37. The molecule has 0 amide bonds. The van der Waals surface area contributed by atoms with Crippen LogP contribution in [-0.2, 0) is 0 Å². The molecule has 0 N–H and O–H groups in total. The van der Waals surface area contributed by atoms with E-state index >= 15 is 0 Å². The zero-order valence-electron chi connectivity index (χ0n) is 7.03. The maximum Gasteiger partial charge on any atom is 0.209 e. The highest BCUT2D eigenvalue weighted by Crippen LogP contribution is 2.39. The third-order valence-corrected chi connectivity index (χ3v) is 2.67. The molecule has 0 saturated heterocycles. The Morgan fingerprint density at radius 3 is 1.77 bits per heavy atom. The second-order valence-corrected chi connectivity index (χ2v) is 3.93. The number of hydrogen-bond donors (Lipinski definition) is 0. The van der Waals surface area contributed by atoms with Gasteiger partial charge in [0.2, 0.25) is 5.82 Å². The highest BCUT2D eigenvalue weighted by atomic mass is 79.9. The van der Waals surface area contributed by atoms with Gasteiger partial charge in [-0.25, -0.2) is 0 Å². The van der Waals surface area contributed by atoms with E-state index in [2.05, 4.69) is 31.9 Å². The van der Waals surface area contributed by atoms with Gasteiger partial charge >= 0.3 is 0 Å².